The summed E-state index contributed by atoms with van der Waals surface area (Å²) in [6, 6.07) is 29.5. The van der Waals surface area contributed by atoms with Crippen LogP contribution >= 0.6 is 10.7 Å². The van der Waals surface area contributed by atoms with Gasteiger partial charge in [0.2, 0.25) is 9.05 Å². The second kappa shape index (κ2) is 28.3. The van der Waals surface area contributed by atoms with Crippen molar-refractivity contribution in [3.8, 4) is 0 Å². The van der Waals surface area contributed by atoms with E-state index in [2.05, 4.69) is 50.2 Å². The van der Waals surface area contributed by atoms with E-state index in [0.717, 1.165) is 36.9 Å². The Morgan fingerprint density at radius 2 is 0.900 bits per heavy atom. The molecule has 0 bridgehead atoms. The Morgan fingerprint density at radius 3 is 1.18 bits per heavy atom. The molecular formula is C47H69ClN4O6S2. The molecule has 332 valence electrons. The van der Waals surface area contributed by atoms with Gasteiger partial charge in [0.25, 0.3) is 11.8 Å². The largest absolute Gasteiger partial charge is 0.399 e. The van der Waals surface area contributed by atoms with Crippen LogP contribution in [0.25, 0.3) is 0 Å². The summed E-state index contributed by atoms with van der Waals surface area (Å²) in [5.41, 5.74) is 12.2. The van der Waals surface area contributed by atoms with Crippen molar-refractivity contribution in [2.24, 2.45) is 0 Å². The molecule has 0 aromatic heterocycles. The van der Waals surface area contributed by atoms with Crippen molar-refractivity contribution in [2.45, 2.75) is 117 Å². The van der Waals surface area contributed by atoms with Crippen LogP contribution in [0.5, 0.6) is 0 Å². The molecule has 4 aromatic carbocycles. The number of nitrogen functional groups attached to an aromatic ring is 1. The molecule has 0 radical (unpaired) electrons. The van der Waals surface area contributed by atoms with Crippen LogP contribution < -0.4 is 16.4 Å². The Kier molecular flexibility index (Phi) is 25.4. The van der Waals surface area contributed by atoms with Crippen molar-refractivity contribution in [1.82, 2.24) is 4.90 Å². The van der Waals surface area contributed by atoms with Gasteiger partial charge < -0.3 is 21.3 Å². The third kappa shape index (κ3) is 21.9. The maximum absolute atomic E-state index is 12.3. The van der Waals surface area contributed by atoms with E-state index >= 15 is 0 Å². The maximum Gasteiger partial charge on any atom is 0.255 e. The normalized spacial score (nSPS) is 11.1. The van der Waals surface area contributed by atoms with Crippen molar-refractivity contribution in [2.75, 3.05) is 36.0 Å². The first kappa shape index (κ1) is 53.8. The Morgan fingerprint density at radius 1 is 0.567 bits per heavy atom. The molecule has 10 nitrogen and oxygen atoms in total. The molecule has 13 heteroatoms. The number of nitrogens with one attached hydrogen (secondary N) is 2. The summed E-state index contributed by atoms with van der Waals surface area (Å²) in [6.07, 6.45) is 6.74. The number of unbranched alkanes of at least 4 members (excludes halogenated alkanes) is 2. The standard InChI is InChI=1S/C21H27NO3S.C17H20N2O.C6H15N.C3H7ClO2S/c1-4-5-6-17-7-11-19(12-8-17)21(23)22-20-13-9-18(10-14-20)15-26(24,25)16(2)3;1-2-3-4-13-5-7-14(8-6-13)17(20)19-16-11-9-15(18)10-12-16;1-4-7(5-2)6-3;1-3(2)7(4,5)6/h7-14,16H,4-6,15H2,1-3H3,(H,22,23);5-12H,2-4,18H2,1H3,(H,19,20);4-6H2,1-3H3;3H,1-2H3. The zero-order valence-electron chi connectivity index (χ0n) is 37.1. The highest BCUT2D eigenvalue weighted by atomic mass is 35.7. The van der Waals surface area contributed by atoms with Gasteiger partial charge in [-0.15, -0.1) is 0 Å². The highest BCUT2D eigenvalue weighted by Crippen LogP contribution is 2.17. The molecule has 0 fully saturated rings. The number of aryl methyl sites for hydroxylation is 2. The zero-order chi connectivity index (χ0) is 45.3. The average molecular weight is 886 g/mol. The zero-order valence-corrected chi connectivity index (χ0v) is 39.5. The molecule has 4 rings (SSSR count). The Bertz CT molecular complexity index is 2030. The third-order valence-corrected chi connectivity index (χ3v) is 13.8. The molecule has 0 atom stereocenters. The lowest BCUT2D eigenvalue weighted by Gasteiger charge is -2.13. The first-order valence-electron chi connectivity index (χ1n) is 20.9. The minimum Gasteiger partial charge on any atom is -0.399 e. The van der Waals surface area contributed by atoms with Gasteiger partial charge in [-0.3, -0.25) is 9.59 Å². The molecule has 0 aliphatic rings. The molecule has 4 N–H and O–H groups in total. The second-order valence-electron chi connectivity index (χ2n) is 14.8. The van der Waals surface area contributed by atoms with Gasteiger partial charge >= 0.3 is 0 Å². The van der Waals surface area contributed by atoms with Crippen LogP contribution in [-0.4, -0.2) is 63.7 Å². The summed E-state index contributed by atoms with van der Waals surface area (Å²) >= 11 is 0. The van der Waals surface area contributed by atoms with E-state index in [-0.39, 0.29) is 17.6 Å². The van der Waals surface area contributed by atoms with Gasteiger partial charge in [0.1, 0.15) is 0 Å². The minimum absolute atomic E-state index is 0.0120. The number of sulfone groups is 1. The van der Waals surface area contributed by atoms with Crippen molar-refractivity contribution in [3.05, 3.63) is 125 Å². The summed E-state index contributed by atoms with van der Waals surface area (Å²) in [4.78, 5) is 26.8. The van der Waals surface area contributed by atoms with E-state index in [1.807, 2.05) is 48.5 Å². The SMILES string of the molecule is CC(C)S(=O)(=O)Cl.CCCCc1ccc(C(=O)Nc2ccc(CS(=O)(=O)C(C)C)cc2)cc1.CCCCc1ccc(C(=O)Nc2ccc(N)cc2)cc1.CCN(CC)CC. The number of halogens is 1. The number of benzene rings is 4. The number of carbonyl (C=O) groups excluding carboxylic acids is 2. The van der Waals surface area contributed by atoms with Gasteiger partial charge in [-0.2, -0.15) is 0 Å². The molecule has 0 heterocycles. The molecule has 4 aromatic rings. The smallest absolute Gasteiger partial charge is 0.255 e. The van der Waals surface area contributed by atoms with Crippen molar-refractivity contribution < 1.29 is 26.4 Å². The van der Waals surface area contributed by atoms with Gasteiger partial charge in [0.15, 0.2) is 9.84 Å². The number of anilines is 3. The van der Waals surface area contributed by atoms with Crippen LogP contribution in [-0.2, 0) is 37.5 Å². The number of carbonyl (C=O) groups is 2. The summed E-state index contributed by atoms with van der Waals surface area (Å²) in [5.74, 6) is -0.260. The van der Waals surface area contributed by atoms with Gasteiger partial charge in [0.05, 0.1) is 16.3 Å². The van der Waals surface area contributed by atoms with Crippen LogP contribution in [0.1, 0.15) is 125 Å². The monoisotopic (exact) mass is 884 g/mol. The fraction of sp³-hybridized carbons (Fsp3) is 0.447. The highest BCUT2D eigenvalue weighted by molar-refractivity contribution is 8.14. The molecule has 0 saturated heterocycles. The van der Waals surface area contributed by atoms with Gasteiger partial charge in [0, 0.05) is 38.9 Å². The summed E-state index contributed by atoms with van der Waals surface area (Å²) in [6.45, 7) is 20.9. The van der Waals surface area contributed by atoms with E-state index in [9.17, 15) is 26.4 Å². The quantitative estimate of drug-likeness (QED) is 0.0699. The average Bonchev–Trinajstić information content (AvgIpc) is 3.22. The van der Waals surface area contributed by atoms with E-state index < -0.39 is 29.4 Å². The molecular weight excluding hydrogens is 816 g/mol. The van der Waals surface area contributed by atoms with Crippen LogP contribution in [0.3, 0.4) is 0 Å². The Hall–Kier alpha value is -4.23. The highest BCUT2D eigenvalue weighted by Gasteiger charge is 2.17. The van der Waals surface area contributed by atoms with Gasteiger partial charge in [-0.1, -0.05) is 83.9 Å². The number of hydrogen-bond acceptors (Lipinski definition) is 8. The first-order valence-corrected chi connectivity index (χ1v) is 25.0. The number of hydrogen-bond donors (Lipinski definition) is 3. The third-order valence-electron chi connectivity index (χ3n) is 9.44. The lowest BCUT2D eigenvalue weighted by atomic mass is 10.1. The minimum atomic E-state index is -3.27. The van der Waals surface area contributed by atoms with Crippen molar-refractivity contribution >= 4 is 58.4 Å². The van der Waals surface area contributed by atoms with E-state index in [4.69, 9.17) is 16.4 Å². The molecule has 0 spiro atoms. The number of rotatable bonds is 17. The van der Waals surface area contributed by atoms with Crippen LogP contribution in [0, 0.1) is 0 Å². The van der Waals surface area contributed by atoms with Gasteiger partial charge in [-0.25, -0.2) is 16.8 Å². The van der Waals surface area contributed by atoms with Crippen molar-refractivity contribution in [1.29, 1.82) is 0 Å². The summed E-state index contributed by atoms with van der Waals surface area (Å²) in [5, 5.41) is 4.83. The molecule has 60 heavy (non-hydrogen) atoms. The molecule has 0 saturated carbocycles. The number of nitrogens with two attached hydrogens (primary N) is 1. The molecule has 0 aliphatic carbocycles. The maximum atomic E-state index is 12.3. The summed E-state index contributed by atoms with van der Waals surface area (Å²) < 4.78 is 44.1. The first-order chi connectivity index (χ1) is 28.3. The Balaban J connectivity index is 0.000000464. The predicted octanol–water partition coefficient (Wildman–Crippen LogP) is 10.8. The molecule has 2 amide bonds. The summed E-state index contributed by atoms with van der Waals surface area (Å²) in [7, 11) is -1.56. The lowest BCUT2D eigenvalue weighted by Crippen LogP contribution is -2.21. The van der Waals surface area contributed by atoms with Crippen LogP contribution in [0.4, 0.5) is 17.1 Å². The lowest BCUT2D eigenvalue weighted by molar-refractivity contribution is 0.101. The second-order valence-corrected chi connectivity index (χ2v) is 20.6. The van der Waals surface area contributed by atoms with E-state index in [0.29, 0.717) is 22.5 Å². The van der Waals surface area contributed by atoms with E-state index in [1.165, 1.54) is 57.5 Å². The fourth-order valence-electron chi connectivity index (χ4n) is 5.13. The number of amides is 2. The molecule has 0 aliphatic heterocycles. The topological polar surface area (TPSA) is 156 Å². The molecule has 0 unspecified atom stereocenters. The van der Waals surface area contributed by atoms with Gasteiger partial charge in [-0.05, 0) is 150 Å². The Labute approximate surface area is 366 Å². The number of nitrogens with zero attached hydrogens (tertiary/aromatic N) is 1. The predicted molar refractivity (Wildman–Crippen MR) is 254 cm³/mol. The van der Waals surface area contributed by atoms with E-state index in [1.54, 1.807) is 62.4 Å². The van der Waals surface area contributed by atoms with Crippen LogP contribution in [0.15, 0.2) is 97.1 Å². The van der Waals surface area contributed by atoms with Crippen molar-refractivity contribution in [3.63, 3.8) is 0 Å². The van der Waals surface area contributed by atoms with Crippen LogP contribution in [0.2, 0.25) is 0 Å². The fourth-order valence-corrected chi connectivity index (χ4v) is 6.12.